The Morgan fingerprint density at radius 1 is 1.54 bits per heavy atom. The van der Waals surface area contributed by atoms with Gasteiger partial charge in [0.05, 0.1) is 0 Å². The second-order valence-corrected chi connectivity index (χ2v) is 3.38. The van der Waals surface area contributed by atoms with Gasteiger partial charge >= 0.3 is 6.18 Å². The summed E-state index contributed by atoms with van der Waals surface area (Å²) < 4.78 is 36.0. The average Bonchev–Trinajstić information content (AvgIpc) is 1.95. The Bertz CT molecular complexity index is 202. The molecule has 0 bridgehead atoms. The number of piperidine rings is 1. The fraction of sp³-hybridized carbons (Fsp3) is 0.875. The van der Waals surface area contributed by atoms with Crippen LogP contribution in [0.5, 0.6) is 0 Å². The number of carbonyl (C=O) groups excluding carboxylic acids is 1. The van der Waals surface area contributed by atoms with Gasteiger partial charge in [-0.2, -0.15) is 13.2 Å². The monoisotopic (exact) mass is 195 g/mol. The lowest BCUT2D eigenvalue weighted by atomic mass is 10.0. The smallest absolute Gasteiger partial charge is 0.331 e. The minimum absolute atomic E-state index is 0.250. The highest BCUT2D eigenvalue weighted by molar-refractivity contribution is 5.77. The molecule has 0 aliphatic carbocycles. The highest BCUT2D eigenvalue weighted by atomic mass is 19.4. The van der Waals surface area contributed by atoms with Crippen molar-refractivity contribution in [1.82, 2.24) is 4.90 Å². The Morgan fingerprint density at radius 2 is 2.15 bits per heavy atom. The van der Waals surface area contributed by atoms with E-state index in [9.17, 15) is 18.0 Å². The molecule has 1 heterocycles. The lowest BCUT2D eigenvalue weighted by Gasteiger charge is -2.33. The van der Waals surface area contributed by atoms with Crippen molar-refractivity contribution in [3.05, 3.63) is 0 Å². The molecule has 1 amide bonds. The molecule has 1 atom stereocenters. The number of hydrogen-bond acceptors (Lipinski definition) is 1. The van der Waals surface area contributed by atoms with Gasteiger partial charge in [0, 0.05) is 12.5 Å². The lowest BCUT2D eigenvalue weighted by molar-refractivity contribution is -0.168. The molecule has 13 heavy (non-hydrogen) atoms. The summed E-state index contributed by atoms with van der Waals surface area (Å²) in [5.41, 5.74) is 0. The van der Waals surface area contributed by atoms with Crippen LogP contribution in [0, 0.1) is 0 Å². The van der Waals surface area contributed by atoms with Crippen molar-refractivity contribution in [1.29, 1.82) is 0 Å². The summed E-state index contributed by atoms with van der Waals surface area (Å²) in [4.78, 5) is 12.0. The summed E-state index contributed by atoms with van der Waals surface area (Å²) in [6, 6.07) is -0.275. The molecule has 0 radical (unpaired) electrons. The van der Waals surface area contributed by atoms with E-state index in [0.717, 1.165) is 4.90 Å². The minimum Gasteiger partial charge on any atom is -0.331 e. The molecule has 0 N–H and O–H groups in total. The van der Waals surface area contributed by atoms with Crippen LogP contribution in [-0.4, -0.2) is 29.6 Å². The van der Waals surface area contributed by atoms with E-state index < -0.39 is 12.7 Å². The first-order chi connectivity index (χ1) is 5.90. The molecule has 1 aliphatic rings. The average molecular weight is 195 g/mol. The minimum atomic E-state index is -4.28. The Labute approximate surface area is 74.7 Å². The highest BCUT2D eigenvalue weighted by Crippen LogP contribution is 2.23. The molecule has 0 aromatic carbocycles. The number of hydrogen-bond donors (Lipinski definition) is 0. The third-order valence-electron chi connectivity index (χ3n) is 2.21. The molecule has 0 aromatic rings. The maximum absolute atomic E-state index is 12.0. The number of carbonyl (C=O) groups is 1. The number of amides is 1. The maximum atomic E-state index is 12.0. The Hall–Kier alpha value is -0.740. The van der Waals surface area contributed by atoms with Gasteiger partial charge in [0.25, 0.3) is 0 Å². The van der Waals surface area contributed by atoms with Crippen LogP contribution in [-0.2, 0) is 4.79 Å². The van der Waals surface area contributed by atoms with Crippen molar-refractivity contribution in [2.45, 2.75) is 38.4 Å². The summed E-state index contributed by atoms with van der Waals surface area (Å²) in [5.74, 6) is -0.379. The van der Waals surface area contributed by atoms with Crippen LogP contribution in [0.3, 0.4) is 0 Å². The van der Waals surface area contributed by atoms with Crippen molar-refractivity contribution >= 4 is 5.91 Å². The number of alkyl halides is 3. The van der Waals surface area contributed by atoms with Gasteiger partial charge in [-0.05, 0) is 19.8 Å². The predicted octanol–water partition coefficient (Wildman–Crippen LogP) is 1.95. The van der Waals surface area contributed by atoms with E-state index in [-0.39, 0.29) is 18.4 Å². The van der Waals surface area contributed by atoms with E-state index in [1.54, 1.807) is 6.92 Å². The number of rotatable bonds is 1. The molecule has 2 nitrogen and oxygen atoms in total. The number of likely N-dealkylation sites (tertiary alicyclic amines) is 1. The molecule has 0 spiro atoms. The summed E-state index contributed by atoms with van der Waals surface area (Å²) in [6.45, 7) is 0.551. The van der Waals surface area contributed by atoms with E-state index in [0.29, 0.717) is 12.8 Å². The first-order valence-corrected chi connectivity index (χ1v) is 4.26. The zero-order valence-corrected chi connectivity index (χ0v) is 7.40. The van der Waals surface area contributed by atoms with E-state index in [1.807, 2.05) is 0 Å². The van der Waals surface area contributed by atoms with Crippen LogP contribution in [0.25, 0.3) is 0 Å². The molecule has 1 rings (SSSR count). The van der Waals surface area contributed by atoms with E-state index in [1.165, 1.54) is 0 Å². The summed E-state index contributed by atoms with van der Waals surface area (Å²) >= 11 is 0. The Balaban J connectivity index is 2.59. The van der Waals surface area contributed by atoms with Gasteiger partial charge in [0.2, 0.25) is 5.91 Å². The first-order valence-electron chi connectivity index (χ1n) is 4.26. The van der Waals surface area contributed by atoms with Gasteiger partial charge < -0.3 is 4.90 Å². The second kappa shape index (κ2) is 3.55. The predicted molar refractivity (Wildman–Crippen MR) is 41.1 cm³/mol. The van der Waals surface area contributed by atoms with Crippen molar-refractivity contribution < 1.29 is 18.0 Å². The molecule has 1 aliphatic heterocycles. The van der Waals surface area contributed by atoms with Gasteiger partial charge in [-0.1, -0.05) is 0 Å². The van der Waals surface area contributed by atoms with Gasteiger partial charge in [-0.3, -0.25) is 4.79 Å². The normalized spacial score (nSPS) is 25.1. The Morgan fingerprint density at radius 3 is 2.62 bits per heavy atom. The van der Waals surface area contributed by atoms with E-state index >= 15 is 0 Å². The van der Waals surface area contributed by atoms with Crippen LogP contribution < -0.4 is 0 Å². The third kappa shape index (κ3) is 2.90. The number of nitrogens with zero attached hydrogens (tertiary/aromatic N) is 1. The van der Waals surface area contributed by atoms with Crippen LogP contribution in [0.2, 0.25) is 0 Å². The quantitative estimate of drug-likeness (QED) is 0.626. The molecular formula is C8H12F3NO. The topological polar surface area (TPSA) is 20.3 Å². The van der Waals surface area contributed by atoms with Crippen molar-refractivity contribution in [3.8, 4) is 0 Å². The molecule has 5 heteroatoms. The summed E-state index contributed by atoms with van der Waals surface area (Å²) in [6.07, 6.45) is -2.65. The molecule has 76 valence electrons. The number of halogens is 3. The standard InChI is InChI=1S/C8H12F3NO/c1-6-3-2-4-7(13)12(6)5-8(9,10)11/h6H,2-5H2,1H3. The second-order valence-electron chi connectivity index (χ2n) is 3.38. The molecule has 1 fully saturated rings. The van der Waals surface area contributed by atoms with E-state index in [4.69, 9.17) is 0 Å². The SMILES string of the molecule is CC1CCCC(=O)N1CC(F)(F)F. The third-order valence-corrected chi connectivity index (χ3v) is 2.21. The summed E-state index contributed by atoms with van der Waals surface area (Å²) in [7, 11) is 0. The van der Waals surface area contributed by atoms with Crippen LogP contribution in [0.1, 0.15) is 26.2 Å². The highest BCUT2D eigenvalue weighted by Gasteiger charge is 2.36. The Kier molecular flexibility index (Phi) is 2.83. The van der Waals surface area contributed by atoms with E-state index in [2.05, 4.69) is 0 Å². The fourth-order valence-corrected chi connectivity index (χ4v) is 1.53. The summed E-state index contributed by atoms with van der Waals surface area (Å²) in [5, 5.41) is 0. The lowest BCUT2D eigenvalue weighted by Crippen LogP contribution is -2.46. The zero-order chi connectivity index (χ0) is 10.1. The van der Waals surface area contributed by atoms with Crippen LogP contribution in [0.15, 0.2) is 0 Å². The van der Waals surface area contributed by atoms with Gasteiger partial charge in [-0.15, -0.1) is 0 Å². The molecule has 1 unspecified atom stereocenters. The van der Waals surface area contributed by atoms with Crippen molar-refractivity contribution in [3.63, 3.8) is 0 Å². The molecule has 1 saturated heterocycles. The van der Waals surface area contributed by atoms with Gasteiger partial charge in [0.15, 0.2) is 0 Å². The van der Waals surface area contributed by atoms with Crippen molar-refractivity contribution in [2.75, 3.05) is 6.54 Å². The van der Waals surface area contributed by atoms with Gasteiger partial charge in [0.1, 0.15) is 6.54 Å². The molecule has 0 saturated carbocycles. The van der Waals surface area contributed by atoms with Crippen molar-refractivity contribution in [2.24, 2.45) is 0 Å². The largest absolute Gasteiger partial charge is 0.406 e. The van der Waals surface area contributed by atoms with Crippen LogP contribution in [0.4, 0.5) is 13.2 Å². The fourth-order valence-electron chi connectivity index (χ4n) is 1.53. The maximum Gasteiger partial charge on any atom is 0.406 e. The molecular weight excluding hydrogens is 183 g/mol. The molecule has 0 aromatic heterocycles. The first kappa shape index (κ1) is 10.3. The zero-order valence-electron chi connectivity index (χ0n) is 7.40. The van der Waals surface area contributed by atoms with Gasteiger partial charge in [-0.25, -0.2) is 0 Å². The van der Waals surface area contributed by atoms with Crippen LogP contribution >= 0.6 is 0 Å².